The van der Waals surface area contributed by atoms with Crippen LogP contribution in [0.5, 0.6) is 0 Å². The van der Waals surface area contributed by atoms with Crippen molar-refractivity contribution in [2.24, 2.45) is 11.1 Å². The van der Waals surface area contributed by atoms with E-state index in [2.05, 4.69) is 13.8 Å². The van der Waals surface area contributed by atoms with Crippen LogP contribution in [0, 0.1) is 5.41 Å². The smallest absolute Gasteiger partial charge is 0.340 e. The molecule has 0 aromatic heterocycles. The second-order valence-electron chi connectivity index (χ2n) is 5.58. The van der Waals surface area contributed by atoms with Gasteiger partial charge >= 0.3 is 8.56 Å². The Kier molecular flexibility index (Phi) is 6.87. The van der Waals surface area contributed by atoms with E-state index < -0.39 is 14.7 Å². The topological polar surface area (TPSA) is 64.7 Å². The molecule has 0 heterocycles. The first-order valence-corrected chi connectivity index (χ1v) is 8.64. The fraction of sp³-hybridized carbons (Fsp3) is 1.00. The minimum atomic E-state index is -2.34. The second kappa shape index (κ2) is 6.85. The van der Waals surface area contributed by atoms with Gasteiger partial charge in [0.2, 0.25) is 0 Å². The average molecular weight is 263 g/mol. The molecule has 0 amide bonds. The largest absolute Gasteiger partial charge is 0.398 e. The van der Waals surface area contributed by atoms with E-state index in [0.717, 1.165) is 6.42 Å². The summed E-state index contributed by atoms with van der Waals surface area (Å²) >= 11 is 0. The van der Waals surface area contributed by atoms with Crippen molar-refractivity contribution in [2.75, 3.05) is 20.8 Å². The van der Waals surface area contributed by atoms with Gasteiger partial charge in [-0.25, -0.2) is 0 Å². The summed E-state index contributed by atoms with van der Waals surface area (Å²) in [6, 6.07) is 0. The first-order valence-electron chi connectivity index (χ1n) is 6.24. The fourth-order valence-corrected chi connectivity index (χ4v) is 4.65. The van der Waals surface area contributed by atoms with Gasteiger partial charge in [0.05, 0.1) is 6.10 Å². The summed E-state index contributed by atoms with van der Waals surface area (Å²) in [5, 5.41) is 10.2. The molecule has 0 aliphatic rings. The molecule has 0 aromatic carbocycles. The highest BCUT2D eigenvalue weighted by atomic mass is 28.4. The van der Waals surface area contributed by atoms with Gasteiger partial charge in [-0.3, -0.25) is 0 Å². The predicted molar refractivity (Wildman–Crippen MR) is 73.1 cm³/mol. The van der Waals surface area contributed by atoms with Gasteiger partial charge in [0, 0.05) is 19.8 Å². The van der Waals surface area contributed by atoms with E-state index >= 15 is 0 Å². The number of aliphatic hydroxyl groups excluding tert-OH is 1. The van der Waals surface area contributed by atoms with Gasteiger partial charge in [-0.2, -0.15) is 0 Å². The number of hydrogen-bond donors (Lipinski definition) is 2. The molecule has 0 radical (unpaired) electrons. The zero-order chi connectivity index (χ0) is 13.7. The van der Waals surface area contributed by atoms with E-state index in [0.29, 0.717) is 13.0 Å². The molecule has 4 nitrogen and oxygen atoms in total. The lowest BCUT2D eigenvalue weighted by Gasteiger charge is -2.39. The third-order valence-electron chi connectivity index (χ3n) is 3.69. The van der Waals surface area contributed by atoms with Crippen LogP contribution in [0.3, 0.4) is 0 Å². The molecule has 2 unspecified atom stereocenters. The van der Waals surface area contributed by atoms with E-state index in [1.807, 2.05) is 13.5 Å². The Morgan fingerprint density at radius 1 is 1.29 bits per heavy atom. The van der Waals surface area contributed by atoms with Gasteiger partial charge in [0.25, 0.3) is 0 Å². The van der Waals surface area contributed by atoms with Crippen molar-refractivity contribution in [1.82, 2.24) is 0 Å². The zero-order valence-electron chi connectivity index (χ0n) is 12.1. The molecular weight excluding hydrogens is 234 g/mol. The molecule has 17 heavy (non-hydrogen) atoms. The maximum absolute atomic E-state index is 10.2. The molecule has 2 atom stereocenters. The summed E-state index contributed by atoms with van der Waals surface area (Å²) in [7, 11) is 0.992. The van der Waals surface area contributed by atoms with Crippen LogP contribution >= 0.6 is 0 Å². The first-order chi connectivity index (χ1) is 7.76. The molecule has 3 N–H and O–H groups in total. The van der Waals surface area contributed by atoms with Crippen LogP contribution in [0.25, 0.3) is 0 Å². The van der Waals surface area contributed by atoms with E-state index in [-0.39, 0.29) is 11.0 Å². The Morgan fingerprint density at radius 3 is 2.06 bits per heavy atom. The molecule has 0 bridgehead atoms. The van der Waals surface area contributed by atoms with Gasteiger partial charge in [0.15, 0.2) is 0 Å². The minimum absolute atomic E-state index is 0.00780. The molecule has 0 aliphatic heterocycles. The van der Waals surface area contributed by atoms with E-state index in [1.54, 1.807) is 14.2 Å². The standard InChI is InChI=1S/C12H29NO3Si/c1-7-10(14)11(8-12(2,3)9-13)17(6,15-4)16-5/h10-11,14H,7-9,13H2,1-6H3. The van der Waals surface area contributed by atoms with Crippen molar-refractivity contribution < 1.29 is 14.0 Å². The lowest BCUT2D eigenvalue weighted by molar-refractivity contribution is 0.107. The highest BCUT2D eigenvalue weighted by molar-refractivity contribution is 6.67. The molecule has 104 valence electrons. The third kappa shape index (κ3) is 4.67. The number of nitrogens with two attached hydrogens (primary N) is 1. The maximum Gasteiger partial charge on any atom is 0.340 e. The Hall–Kier alpha value is 0.0569. The highest BCUT2D eigenvalue weighted by Crippen LogP contribution is 2.38. The van der Waals surface area contributed by atoms with E-state index in [1.165, 1.54) is 0 Å². The molecule has 0 fully saturated rings. The minimum Gasteiger partial charge on any atom is -0.398 e. The van der Waals surface area contributed by atoms with Crippen molar-refractivity contribution in [2.45, 2.75) is 51.8 Å². The van der Waals surface area contributed by atoms with E-state index in [9.17, 15) is 5.11 Å². The van der Waals surface area contributed by atoms with Crippen LogP contribution in [-0.4, -0.2) is 40.5 Å². The molecule has 0 spiro atoms. The van der Waals surface area contributed by atoms with Gasteiger partial charge in [-0.15, -0.1) is 0 Å². The lowest BCUT2D eigenvalue weighted by atomic mass is 9.86. The Balaban J connectivity index is 5.01. The fourth-order valence-electron chi connectivity index (χ4n) is 2.02. The SMILES string of the molecule is CCC(O)C(CC(C)(C)CN)[Si](C)(OC)OC. The van der Waals surface area contributed by atoms with Gasteiger partial charge < -0.3 is 19.7 Å². The summed E-state index contributed by atoms with van der Waals surface area (Å²) < 4.78 is 11.2. The van der Waals surface area contributed by atoms with Crippen LogP contribution < -0.4 is 5.73 Å². The predicted octanol–water partition coefficient (Wildman–Crippen LogP) is 1.87. The third-order valence-corrected chi connectivity index (χ3v) is 7.25. The van der Waals surface area contributed by atoms with Crippen LogP contribution in [0.2, 0.25) is 12.1 Å². The van der Waals surface area contributed by atoms with Crippen molar-refractivity contribution >= 4 is 8.56 Å². The number of rotatable bonds is 8. The van der Waals surface area contributed by atoms with E-state index in [4.69, 9.17) is 14.6 Å². The highest BCUT2D eigenvalue weighted by Gasteiger charge is 2.45. The number of aliphatic hydroxyl groups is 1. The van der Waals surface area contributed by atoms with Crippen LogP contribution in [0.15, 0.2) is 0 Å². The molecule has 0 saturated carbocycles. The second-order valence-corrected chi connectivity index (χ2v) is 9.17. The summed E-state index contributed by atoms with van der Waals surface area (Å²) in [6.07, 6.45) is 1.14. The van der Waals surface area contributed by atoms with Crippen molar-refractivity contribution in [3.05, 3.63) is 0 Å². The number of hydrogen-bond acceptors (Lipinski definition) is 4. The van der Waals surface area contributed by atoms with Gasteiger partial charge in [0.1, 0.15) is 0 Å². The van der Waals surface area contributed by atoms with Crippen molar-refractivity contribution in [3.63, 3.8) is 0 Å². The molecule has 5 heteroatoms. The molecule has 0 aromatic rings. The zero-order valence-corrected chi connectivity index (χ0v) is 13.1. The Bertz CT molecular complexity index is 220. The molecule has 0 saturated heterocycles. The summed E-state index contributed by atoms with van der Waals surface area (Å²) in [4.78, 5) is 0. The Labute approximate surface area is 107 Å². The van der Waals surface area contributed by atoms with Crippen LogP contribution in [0.1, 0.15) is 33.6 Å². The lowest BCUT2D eigenvalue weighted by Crippen LogP contribution is -2.48. The normalized spacial score (nSPS) is 16.9. The van der Waals surface area contributed by atoms with Crippen molar-refractivity contribution in [3.8, 4) is 0 Å². The van der Waals surface area contributed by atoms with Crippen LogP contribution in [-0.2, 0) is 8.85 Å². The molecular formula is C12H29NO3Si. The van der Waals surface area contributed by atoms with Crippen LogP contribution in [0.4, 0.5) is 0 Å². The quantitative estimate of drug-likeness (QED) is 0.656. The van der Waals surface area contributed by atoms with Crippen molar-refractivity contribution in [1.29, 1.82) is 0 Å². The molecule has 0 aliphatic carbocycles. The maximum atomic E-state index is 10.2. The summed E-state index contributed by atoms with van der Waals surface area (Å²) in [5.74, 6) is 0. The first kappa shape index (κ1) is 17.1. The summed E-state index contributed by atoms with van der Waals surface area (Å²) in [5.41, 5.74) is 5.81. The average Bonchev–Trinajstić information content (AvgIpc) is 2.34. The Morgan fingerprint density at radius 2 is 1.76 bits per heavy atom. The van der Waals surface area contributed by atoms with Gasteiger partial charge in [-0.1, -0.05) is 20.8 Å². The monoisotopic (exact) mass is 263 g/mol. The summed E-state index contributed by atoms with van der Waals surface area (Å²) in [6.45, 7) is 8.80. The van der Waals surface area contributed by atoms with Gasteiger partial charge in [-0.05, 0) is 31.3 Å². The molecule has 0 rings (SSSR count).